The SMILES string of the molecule is O=C1C[C@@H](c2cccc(F)c2)[C@@H](C(=O)O)N1. The lowest BCUT2D eigenvalue weighted by molar-refractivity contribution is -0.140. The van der Waals surface area contributed by atoms with Gasteiger partial charge in [-0.2, -0.15) is 0 Å². The lowest BCUT2D eigenvalue weighted by Crippen LogP contribution is -2.36. The van der Waals surface area contributed by atoms with E-state index < -0.39 is 23.7 Å². The van der Waals surface area contributed by atoms with Crippen molar-refractivity contribution >= 4 is 11.9 Å². The van der Waals surface area contributed by atoms with Gasteiger partial charge in [-0.05, 0) is 17.7 Å². The minimum absolute atomic E-state index is 0.0837. The molecule has 1 aromatic carbocycles. The van der Waals surface area contributed by atoms with Crippen molar-refractivity contribution in [2.75, 3.05) is 0 Å². The number of hydrogen-bond donors (Lipinski definition) is 2. The molecule has 0 spiro atoms. The van der Waals surface area contributed by atoms with Gasteiger partial charge in [0.05, 0.1) is 0 Å². The fourth-order valence-corrected chi connectivity index (χ4v) is 1.93. The van der Waals surface area contributed by atoms with Crippen LogP contribution in [0, 0.1) is 5.82 Å². The quantitative estimate of drug-likeness (QED) is 0.782. The summed E-state index contributed by atoms with van der Waals surface area (Å²) >= 11 is 0. The third kappa shape index (κ3) is 1.88. The van der Waals surface area contributed by atoms with Gasteiger partial charge in [0.2, 0.25) is 5.91 Å². The van der Waals surface area contributed by atoms with Crippen LogP contribution in [0.1, 0.15) is 17.9 Å². The molecule has 2 N–H and O–H groups in total. The molecule has 2 rings (SSSR count). The topological polar surface area (TPSA) is 66.4 Å². The summed E-state index contributed by atoms with van der Waals surface area (Å²) in [7, 11) is 0. The number of carbonyl (C=O) groups is 2. The van der Waals surface area contributed by atoms with E-state index in [0.29, 0.717) is 5.56 Å². The summed E-state index contributed by atoms with van der Waals surface area (Å²) < 4.78 is 13.0. The highest BCUT2D eigenvalue weighted by atomic mass is 19.1. The molecule has 16 heavy (non-hydrogen) atoms. The molecule has 1 amide bonds. The number of amides is 1. The van der Waals surface area contributed by atoms with Gasteiger partial charge in [0.1, 0.15) is 11.9 Å². The lowest BCUT2D eigenvalue weighted by atomic mass is 9.92. The summed E-state index contributed by atoms with van der Waals surface area (Å²) in [6.07, 6.45) is 0.0837. The first kappa shape index (κ1) is 10.6. The zero-order chi connectivity index (χ0) is 11.7. The maximum atomic E-state index is 13.0. The third-order valence-corrected chi connectivity index (χ3v) is 2.67. The number of carbonyl (C=O) groups excluding carboxylic acids is 1. The van der Waals surface area contributed by atoms with E-state index in [1.54, 1.807) is 6.07 Å². The number of halogens is 1. The zero-order valence-corrected chi connectivity index (χ0v) is 8.31. The monoisotopic (exact) mass is 223 g/mol. The minimum Gasteiger partial charge on any atom is -0.480 e. The van der Waals surface area contributed by atoms with Crippen molar-refractivity contribution in [1.82, 2.24) is 5.32 Å². The van der Waals surface area contributed by atoms with Crippen molar-refractivity contribution in [3.8, 4) is 0 Å². The number of aliphatic carboxylic acids is 1. The molecule has 1 saturated heterocycles. The smallest absolute Gasteiger partial charge is 0.326 e. The summed E-state index contributed by atoms with van der Waals surface area (Å²) in [4.78, 5) is 22.1. The fraction of sp³-hybridized carbons (Fsp3) is 0.273. The standard InChI is InChI=1S/C11H10FNO3/c12-7-3-1-2-6(4-7)8-5-9(14)13-10(8)11(15)16/h1-4,8,10H,5H2,(H,13,14)(H,15,16)/t8-,10-/m0/s1. The van der Waals surface area contributed by atoms with E-state index in [1.807, 2.05) is 0 Å². The van der Waals surface area contributed by atoms with E-state index in [-0.39, 0.29) is 12.3 Å². The Bertz CT molecular complexity index is 447. The second-order valence-electron chi connectivity index (χ2n) is 3.75. The summed E-state index contributed by atoms with van der Waals surface area (Å²) in [6, 6.07) is 4.72. The van der Waals surface area contributed by atoms with Gasteiger partial charge >= 0.3 is 5.97 Å². The molecule has 0 unspecified atom stereocenters. The van der Waals surface area contributed by atoms with Gasteiger partial charge in [-0.15, -0.1) is 0 Å². The summed E-state index contributed by atoms with van der Waals surface area (Å²) in [5, 5.41) is 11.3. The Morgan fingerprint density at radius 3 is 2.88 bits per heavy atom. The Balaban J connectivity index is 2.32. The molecular weight excluding hydrogens is 213 g/mol. The Labute approximate surface area is 91.1 Å². The van der Waals surface area contributed by atoms with Gasteiger partial charge in [-0.3, -0.25) is 4.79 Å². The molecule has 4 nitrogen and oxygen atoms in total. The number of rotatable bonds is 2. The van der Waals surface area contributed by atoms with Crippen LogP contribution in [-0.2, 0) is 9.59 Å². The highest BCUT2D eigenvalue weighted by molar-refractivity contribution is 5.89. The van der Waals surface area contributed by atoms with Crippen LogP contribution in [-0.4, -0.2) is 23.0 Å². The maximum absolute atomic E-state index is 13.0. The molecule has 1 aromatic rings. The molecule has 0 saturated carbocycles. The molecule has 0 radical (unpaired) electrons. The predicted octanol–water partition coefficient (Wildman–Crippen LogP) is 0.882. The van der Waals surface area contributed by atoms with Gasteiger partial charge in [-0.1, -0.05) is 12.1 Å². The molecule has 2 atom stereocenters. The van der Waals surface area contributed by atoms with Crippen molar-refractivity contribution in [3.05, 3.63) is 35.6 Å². The largest absolute Gasteiger partial charge is 0.480 e. The highest BCUT2D eigenvalue weighted by Gasteiger charge is 2.38. The minimum atomic E-state index is -1.10. The predicted molar refractivity (Wildman–Crippen MR) is 53.3 cm³/mol. The molecule has 0 aliphatic carbocycles. The second kappa shape index (κ2) is 3.92. The number of carboxylic acid groups (broad SMARTS) is 1. The molecule has 5 heteroatoms. The van der Waals surface area contributed by atoms with Crippen LogP contribution in [0.25, 0.3) is 0 Å². The molecule has 1 aliphatic heterocycles. The van der Waals surface area contributed by atoms with Crippen LogP contribution in [0.5, 0.6) is 0 Å². The van der Waals surface area contributed by atoms with Gasteiger partial charge in [0, 0.05) is 12.3 Å². The van der Waals surface area contributed by atoms with Crippen LogP contribution in [0.4, 0.5) is 4.39 Å². The first-order chi connectivity index (χ1) is 7.58. The molecule has 1 heterocycles. The normalized spacial score (nSPS) is 24.2. The molecule has 1 fully saturated rings. The Morgan fingerprint density at radius 2 is 2.25 bits per heavy atom. The van der Waals surface area contributed by atoms with E-state index in [9.17, 15) is 14.0 Å². The van der Waals surface area contributed by atoms with Crippen LogP contribution >= 0.6 is 0 Å². The van der Waals surface area contributed by atoms with Crippen molar-refractivity contribution in [1.29, 1.82) is 0 Å². The van der Waals surface area contributed by atoms with Gasteiger partial charge in [-0.25, -0.2) is 9.18 Å². The highest BCUT2D eigenvalue weighted by Crippen LogP contribution is 2.28. The molecule has 0 aromatic heterocycles. The average Bonchev–Trinajstić information content (AvgIpc) is 2.60. The summed E-state index contributed by atoms with van der Waals surface area (Å²) in [6.45, 7) is 0. The van der Waals surface area contributed by atoms with Gasteiger partial charge in [0.25, 0.3) is 0 Å². The average molecular weight is 223 g/mol. The van der Waals surface area contributed by atoms with Crippen LogP contribution in [0.2, 0.25) is 0 Å². The fourth-order valence-electron chi connectivity index (χ4n) is 1.93. The van der Waals surface area contributed by atoms with Crippen molar-refractivity contribution in [2.45, 2.75) is 18.4 Å². The lowest BCUT2D eigenvalue weighted by Gasteiger charge is -2.14. The Kier molecular flexibility index (Phi) is 2.60. The first-order valence-electron chi connectivity index (χ1n) is 4.85. The summed E-state index contributed by atoms with van der Waals surface area (Å²) in [5.41, 5.74) is 0.533. The van der Waals surface area contributed by atoms with Crippen molar-refractivity contribution < 1.29 is 19.1 Å². The van der Waals surface area contributed by atoms with E-state index in [1.165, 1.54) is 18.2 Å². The molecule has 1 aliphatic rings. The number of hydrogen-bond acceptors (Lipinski definition) is 2. The van der Waals surface area contributed by atoms with E-state index in [2.05, 4.69) is 5.32 Å². The number of nitrogens with one attached hydrogen (secondary N) is 1. The van der Waals surface area contributed by atoms with Crippen LogP contribution in [0.3, 0.4) is 0 Å². The molecule has 0 bridgehead atoms. The molecular formula is C11H10FNO3. The third-order valence-electron chi connectivity index (χ3n) is 2.67. The number of benzene rings is 1. The van der Waals surface area contributed by atoms with E-state index in [0.717, 1.165) is 0 Å². The van der Waals surface area contributed by atoms with Gasteiger partial charge in [0.15, 0.2) is 0 Å². The summed E-state index contributed by atoms with van der Waals surface area (Å²) in [5.74, 6) is -2.34. The van der Waals surface area contributed by atoms with Gasteiger partial charge < -0.3 is 10.4 Å². The number of carboxylic acids is 1. The molecule has 84 valence electrons. The van der Waals surface area contributed by atoms with E-state index in [4.69, 9.17) is 5.11 Å². The van der Waals surface area contributed by atoms with Crippen LogP contribution in [0.15, 0.2) is 24.3 Å². The van der Waals surface area contributed by atoms with E-state index >= 15 is 0 Å². The Hall–Kier alpha value is -1.91. The van der Waals surface area contributed by atoms with Crippen molar-refractivity contribution in [3.63, 3.8) is 0 Å². The van der Waals surface area contributed by atoms with Crippen LogP contribution < -0.4 is 5.32 Å². The zero-order valence-electron chi connectivity index (χ0n) is 8.31. The second-order valence-corrected chi connectivity index (χ2v) is 3.75. The van der Waals surface area contributed by atoms with Crippen molar-refractivity contribution in [2.24, 2.45) is 0 Å². The maximum Gasteiger partial charge on any atom is 0.326 e. The Morgan fingerprint density at radius 1 is 1.50 bits per heavy atom. The first-order valence-corrected chi connectivity index (χ1v) is 4.85.